The summed E-state index contributed by atoms with van der Waals surface area (Å²) in [5.74, 6) is -1.01. The summed E-state index contributed by atoms with van der Waals surface area (Å²) in [5.41, 5.74) is 0. The Balaban J connectivity index is 4.49. The largest absolute Gasteiger partial charge is 0.462 e. The molecule has 0 aliphatic rings. The Morgan fingerprint density at radius 1 is 0.300 bits per heavy atom. The van der Waals surface area contributed by atoms with Gasteiger partial charge in [-0.05, 0) is 96.3 Å². The van der Waals surface area contributed by atoms with Gasteiger partial charge in [-0.15, -0.1) is 0 Å². The molecule has 0 rings (SSSR count). The van der Waals surface area contributed by atoms with Crippen LogP contribution in [0.4, 0.5) is 0 Å². The van der Waals surface area contributed by atoms with Crippen LogP contribution in [0.2, 0.25) is 0 Å². The molecule has 0 aromatic rings. The number of carbonyl (C=O) groups is 3. The first kappa shape index (κ1) is 66.1. The molecule has 6 heteroatoms. The van der Waals surface area contributed by atoms with Crippen molar-refractivity contribution in [2.24, 2.45) is 0 Å². The van der Waals surface area contributed by atoms with E-state index in [1.54, 1.807) is 0 Å². The van der Waals surface area contributed by atoms with Crippen molar-refractivity contribution >= 4 is 17.9 Å². The average molecular weight is 972 g/mol. The minimum atomic E-state index is -0.826. The van der Waals surface area contributed by atoms with Gasteiger partial charge in [-0.3, -0.25) is 14.4 Å². The van der Waals surface area contributed by atoms with Crippen LogP contribution in [0.25, 0.3) is 0 Å². The monoisotopic (exact) mass is 971 g/mol. The molecule has 398 valence electrons. The molecule has 0 fully saturated rings. The van der Waals surface area contributed by atoms with Gasteiger partial charge in [-0.2, -0.15) is 0 Å². The van der Waals surface area contributed by atoms with E-state index in [2.05, 4.69) is 130 Å². The van der Waals surface area contributed by atoms with Crippen LogP contribution >= 0.6 is 0 Å². The number of rotatable bonds is 51. The highest BCUT2D eigenvalue weighted by Gasteiger charge is 2.19. The fourth-order valence-electron chi connectivity index (χ4n) is 7.76. The van der Waals surface area contributed by atoms with E-state index in [4.69, 9.17) is 14.2 Å². The van der Waals surface area contributed by atoms with Crippen molar-refractivity contribution in [1.82, 2.24) is 0 Å². The van der Waals surface area contributed by atoms with Gasteiger partial charge in [-0.1, -0.05) is 252 Å². The molecular weight excluding hydrogens is 865 g/mol. The van der Waals surface area contributed by atoms with Crippen molar-refractivity contribution in [3.63, 3.8) is 0 Å². The number of ether oxygens (including phenoxy) is 3. The van der Waals surface area contributed by atoms with Crippen molar-refractivity contribution < 1.29 is 28.6 Å². The van der Waals surface area contributed by atoms with Crippen LogP contribution in [0, 0.1) is 0 Å². The second-order valence-electron chi connectivity index (χ2n) is 18.8. The van der Waals surface area contributed by atoms with Gasteiger partial charge in [0.05, 0.1) is 0 Å². The molecule has 1 atom stereocenters. The number of allylic oxidation sites excluding steroid dienone is 18. The molecule has 0 bridgehead atoms. The van der Waals surface area contributed by atoms with E-state index in [1.165, 1.54) is 109 Å². The molecule has 0 aromatic carbocycles. The van der Waals surface area contributed by atoms with E-state index in [9.17, 15) is 14.4 Å². The zero-order valence-corrected chi connectivity index (χ0v) is 45.5. The Morgan fingerprint density at radius 2 is 0.571 bits per heavy atom. The number of carbonyl (C=O) groups excluding carboxylic acids is 3. The predicted molar refractivity (Wildman–Crippen MR) is 302 cm³/mol. The van der Waals surface area contributed by atoms with Crippen molar-refractivity contribution in [3.8, 4) is 0 Å². The Kier molecular flexibility index (Phi) is 54.4. The van der Waals surface area contributed by atoms with Gasteiger partial charge >= 0.3 is 17.9 Å². The summed E-state index contributed by atoms with van der Waals surface area (Å²) in [4.78, 5) is 38.1. The lowest BCUT2D eigenvalue weighted by molar-refractivity contribution is -0.167. The summed E-state index contributed by atoms with van der Waals surface area (Å²) >= 11 is 0. The van der Waals surface area contributed by atoms with Crippen LogP contribution in [0.5, 0.6) is 0 Å². The van der Waals surface area contributed by atoms with E-state index < -0.39 is 6.10 Å². The molecule has 0 amide bonds. The number of unbranched alkanes of at least 4 members (excludes halogenated alkanes) is 22. The highest BCUT2D eigenvalue weighted by Crippen LogP contribution is 2.16. The van der Waals surface area contributed by atoms with E-state index >= 15 is 0 Å². The fourth-order valence-corrected chi connectivity index (χ4v) is 7.76. The molecular formula is C64H106O6. The zero-order chi connectivity index (χ0) is 50.7. The lowest BCUT2D eigenvalue weighted by Gasteiger charge is -2.18. The van der Waals surface area contributed by atoms with Crippen LogP contribution in [-0.4, -0.2) is 37.2 Å². The fraction of sp³-hybridized carbons (Fsp3) is 0.672. The Morgan fingerprint density at radius 3 is 0.914 bits per heavy atom. The van der Waals surface area contributed by atoms with Crippen molar-refractivity contribution in [3.05, 3.63) is 109 Å². The van der Waals surface area contributed by atoms with Crippen molar-refractivity contribution in [1.29, 1.82) is 0 Å². The first-order valence-corrected chi connectivity index (χ1v) is 28.9. The van der Waals surface area contributed by atoms with E-state index in [0.29, 0.717) is 25.7 Å². The molecule has 0 radical (unpaired) electrons. The third-order valence-corrected chi connectivity index (χ3v) is 12.0. The first-order chi connectivity index (χ1) is 34.5. The van der Waals surface area contributed by atoms with Gasteiger partial charge in [0.1, 0.15) is 13.2 Å². The lowest BCUT2D eigenvalue weighted by atomic mass is 10.0. The van der Waals surface area contributed by atoms with Gasteiger partial charge in [0.15, 0.2) is 6.10 Å². The highest BCUT2D eigenvalue weighted by molar-refractivity contribution is 5.71. The summed E-state index contributed by atoms with van der Waals surface area (Å²) in [6, 6.07) is 0. The Bertz CT molecular complexity index is 1440. The topological polar surface area (TPSA) is 78.9 Å². The van der Waals surface area contributed by atoms with Crippen LogP contribution in [-0.2, 0) is 28.6 Å². The van der Waals surface area contributed by atoms with Gasteiger partial charge in [0, 0.05) is 19.3 Å². The second-order valence-corrected chi connectivity index (χ2v) is 18.8. The van der Waals surface area contributed by atoms with E-state index in [1.807, 2.05) is 0 Å². The Hall–Kier alpha value is -3.93. The molecule has 70 heavy (non-hydrogen) atoms. The number of esters is 3. The molecule has 0 heterocycles. The maximum atomic E-state index is 12.8. The minimum Gasteiger partial charge on any atom is -0.462 e. The standard InChI is InChI=1S/C64H106O6/c1-4-7-10-13-16-19-22-25-28-30-31-32-34-36-39-42-45-48-51-54-57-63(66)69-60-61(59-68-62(65)56-53-50-47-44-41-38-35-27-24-21-18-15-12-9-6-3)70-64(67)58-55-52-49-46-43-40-37-33-29-26-23-20-17-14-11-8-5-2/h8-9,11-12,17-18,20-21,26-27,29,35,37,40-41,44,46,49,61H,4-7,10,13-16,19,22-25,28,30-34,36,38-39,42-43,45,47-48,50-60H2,1-3H3/b11-8-,12-9-,20-17-,21-18-,29-26-,35-27-,40-37-,44-41-,49-46-. The van der Waals surface area contributed by atoms with E-state index in [-0.39, 0.29) is 37.5 Å². The summed E-state index contributed by atoms with van der Waals surface area (Å²) in [6.07, 6.45) is 78.1. The lowest BCUT2D eigenvalue weighted by Crippen LogP contribution is -2.30. The molecule has 0 saturated carbocycles. The smallest absolute Gasteiger partial charge is 0.306 e. The zero-order valence-electron chi connectivity index (χ0n) is 45.5. The van der Waals surface area contributed by atoms with Crippen LogP contribution in [0.1, 0.15) is 258 Å². The molecule has 0 aliphatic carbocycles. The van der Waals surface area contributed by atoms with Gasteiger partial charge in [-0.25, -0.2) is 0 Å². The van der Waals surface area contributed by atoms with Gasteiger partial charge < -0.3 is 14.2 Å². The molecule has 0 spiro atoms. The van der Waals surface area contributed by atoms with E-state index in [0.717, 1.165) is 96.3 Å². The van der Waals surface area contributed by atoms with Crippen molar-refractivity contribution in [2.45, 2.75) is 264 Å². The third kappa shape index (κ3) is 55.0. The van der Waals surface area contributed by atoms with Crippen LogP contribution in [0.3, 0.4) is 0 Å². The van der Waals surface area contributed by atoms with Crippen LogP contribution in [0.15, 0.2) is 109 Å². The summed E-state index contributed by atoms with van der Waals surface area (Å²) in [5, 5.41) is 0. The molecule has 0 aliphatic heterocycles. The second kappa shape index (κ2) is 57.6. The number of hydrogen-bond acceptors (Lipinski definition) is 6. The first-order valence-electron chi connectivity index (χ1n) is 28.9. The maximum Gasteiger partial charge on any atom is 0.306 e. The highest BCUT2D eigenvalue weighted by atomic mass is 16.6. The minimum absolute atomic E-state index is 0.113. The summed E-state index contributed by atoms with van der Waals surface area (Å²) in [7, 11) is 0. The SMILES string of the molecule is CC/C=C\C/C=C\C/C=C\C/C=C\C/C=C\CCCC(=O)OC(COC(=O)CCCC/C=C\C/C=C\C/C=C\C/C=C\CC)COC(=O)CCCCCCCCCCCCCCCCCCCCCC. The molecule has 0 saturated heterocycles. The van der Waals surface area contributed by atoms with Crippen molar-refractivity contribution in [2.75, 3.05) is 13.2 Å². The van der Waals surface area contributed by atoms with Crippen LogP contribution < -0.4 is 0 Å². The third-order valence-electron chi connectivity index (χ3n) is 12.0. The summed E-state index contributed by atoms with van der Waals surface area (Å²) < 4.78 is 16.8. The van der Waals surface area contributed by atoms with Gasteiger partial charge in [0.25, 0.3) is 0 Å². The summed E-state index contributed by atoms with van der Waals surface area (Å²) in [6.45, 7) is 6.34. The number of hydrogen-bond donors (Lipinski definition) is 0. The Labute approximate surface area is 431 Å². The normalized spacial score (nSPS) is 12.9. The molecule has 1 unspecified atom stereocenters. The molecule has 0 aromatic heterocycles. The average Bonchev–Trinajstić information content (AvgIpc) is 3.36. The molecule has 6 nitrogen and oxygen atoms in total. The quantitative estimate of drug-likeness (QED) is 0.0262. The maximum absolute atomic E-state index is 12.8. The van der Waals surface area contributed by atoms with Gasteiger partial charge in [0.2, 0.25) is 0 Å². The molecule has 0 N–H and O–H groups in total. The predicted octanol–water partition coefficient (Wildman–Crippen LogP) is 19.5.